The van der Waals surface area contributed by atoms with Crippen LogP contribution in [0.3, 0.4) is 0 Å². The first kappa shape index (κ1) is 16.2. The van der Waals surface area contributed by atoms with Gasteiger partial charge in [0.1, 0.15) is 5.82 Å². The Morgan fingerprint density at radius 2 is 2.13 bits per heavy atom. The average Bonchev–Trinajstić information content (AvgIpc) is 3.15. The van der Waals surface area contributed by atoms with Crippen LogP contribution < -0.4 is 5.32 Å². The Balaban J connectivity index is 1.61. The molecule has 0 aromatic carbocycles. The van der Waals surface area contributed by atoms with E-state index in [-0.39, 0.29) is 5.92 Å². The molecule has 0 aliphatic carbocycles. The zero-order valence-electron chi connectivity index (χ0n) is 13.1. The molecule has 3 heterocycles. The number of anilines is 1. The van der Waals surface area contributed by atoms with E-state index >= 15 is 0 Å². The van der Waals surface area contributed by atoms with E-state index in [1.54, 1.807) is 7.05 Å². The van der Waals surface area contributed by atoms with Crippen molar-refractivity contribution >= 4 is 16.5 Å². The minimum atomic E-state index is -0.421. The van der Waals surface area contributed by atoms with Crippen LogP contribution >= 0.6 is 11.3 Å². The first-order valence-corrected chi connectivity index (χ1v) is 8.41. The van der Waals surface area contributed by atoms with Crippen molar-refractivity contribution in [2.75, 3.05) is 25.5 Å². The summed E-state index contributed by atoms with van der Waals surface area (Å²) in [5.74, 6) is 0.396. The van der Waals surface area contributed by atoms with Crippen molar-refractivity contribution in [1.82, 2.24) is 19.9 Å². The fourth-order valence-corrected chi connectivity index (χ4v) is 3.76. The summed E-state index contributed by atoms with van der Waals surface area (Å²) in [6.45, 7) is 4.39. The zero-order chi connectivity index (χ0) is 16.4. The second-order valence-electron chi connectivity index (χ2n) is 5.82. The number of halogens is 2. The van der Waals surface area contributed by atoms with Gasteiger partial charge in [0.15, 0.2) is 10.9 Å². The predicted octanol–water partition coefficient (Wildman–Crippen LogP) is 2.88. The van der Waals surface area contributed by atoms with Gasteiger partial charge in [0.2, 0.25) is 5.95 Å². The highest BCUT2D eigenvalue weighted by atomic mass is 32.1. The summed E-state index contributed by atoms with van der Waals surface area (Å²) in [7, 11) is 1.73. The van der Waals surface area contributed by atoms with E-state index in [0.717, 1.165) is 19.5 Å². The van der Waals surface area contributed by atoms with Crippen molar-refractivity contribution in [3.63, 3.8) is 0 Å². The molecule has 2 atom stereocenters. The lowest BCUT2D eigenvalue weighted by Gasteiger charge is -2.19. The van der Waals surface area contributed by atoms with Gasteiger partial charge in [0.25, 0.3) is 0 Å². The van der Waals surface area contributed by atoms with Gasteiger partial charge < -0.3 is 5.32 Å². The standard InChI is InChI=1S/C15H19F2N5S/c1-9(14-19-5-11(16)6-20-14)10-3-4-22(7-10)8-12-13(17)21-15(18-2)23-12/h5-6,9-10H,3-4,7-8H2,1-2H3,(H,18,21). The molecular weight excluding hydrogens is 320 g/mol. The van der Waals surface area contributed by atoms with E-state index in [1.165, 1.54) is 23.7 Å². The summed E-state index contributed by atoms with van der Waals surface area (Å²) >= 11 is 1.35. The molecule has 0 spiro atoms. The Morgan fingerprint density at radius 3 is 2.78 bits per heavy atom. The number of rotatable bonds is 5. The number of likely N-dealkylation sites (tertiary alicyclic amines) is 1. The highest BCUT2D eigenvalue weighted by molar-refractivity contribution is 7.15. The number of hydrogen-bond acceptors (Lipinski definition) is 6. The van der Waals surface area contributed by atoms with Crippen molar-refractivity contribution in [1.29, 1.82) is 0 Å². The second-order valence-corrected chi connectivity index (χ2v) is 6.90. The number of hydrogen-bond donors (Lipinski definition) is 1. The molecule has 1 aliphatic heterocycles. The predicted molar refractivity (Wildman–Crippen MR) is 85.4 cm³/mol. The van der Waals surface area contributed by atoms with Crippen molar-refractivity contribution < 1.29 is 8.78 Å². The SMILES string of the molecule is CNc1nc(F)c(CN2CCC(C(C)c3ncc(F)cn3)C2)s1. The van der Waals surface area contributed by atoms with Gasteiger partial charge in [-0.15, -0.1) is 0 Å². The Kier molecular flexibility index (Phi) is 4.82. The van der Waals surface area contributed by atoms with E-state index in [4.69, 9.17) is 0 Å². The fraction of sp³-hybridized carbons (Fsp3) is 0.533. The number of aromatic nitrogens is 3. The van der Waals surface area contributed by atoms with E-state index in [0.29, 0.717) is 28.3 Å². The van der Waals surface area contributed by atoms with Crippen molar-refractivity contribution in [3.05, 3.63) is 34.9 Å². The lowest BCUT2D eigenvalue weighted by atomic mass is 9.92. The molecule has 3 rings (SSSR count). The topological polar surface area (TPSA) is 53.9 Å². The maximum Gasteiger partial charge on any atom is 0.230 e. The molecule has 0 amide bonds. The van der Waals surface area contributed by atoms with Crippen molar-refractivity contribution in [2.24, 2.45) is 5.92 Å². The molecule has 5 nitrogen and oxygen atoms in total. The number of nitrogens with one attached hydrogen (secondary N) is 1. The van der Waals surface area contributed by atoms with Gasteiger partial charge >= 0.3 is 0 Å². The Hall–Kier alpha value is -1.67. The molecule has 23 heavy (non-hydrogen) atoms. The summed E-state index contributed by atoms with van der Waals surface area (Å²) in [6, 6.07) is 0. The molecule has 8 heteroatoms. The Bertz CT molecular complexity index is 660. The average molecular weight is 339 g/mol. The van der Waals surface area contributed by atoms with Crippen LogP contribution in [0.15, 0.2) is 12.4 Å². The van der Waals surface area contributed by atoms with Crippen LogP contribution in [0.1, 0.15) is 30.0 Å². The molecule has 2 aromatic rings. The molecule has 2 aromatic heterocycles. The molecule has 0 saturated carbocycles. The van der Waals surface area contributed by atoms with Crippen LogP contribution in [0, 0.1) is 17.7 Å². The van der Waals surface area contributed by atoms with Gasteiger partial charge in [0, 0.05) is 26.1 Å². The summed E-state index contributed by atoms with van der Waals surface area (Å²) in [5.41, 5.74) is 0. The van der Waals surface area contributed by atoms with E-state index < -0.39 is 11.8 Å². The summed E-state index contributed by atoms with van der Waals surface area (Å²) < 4.78 is 26.7. The maximum atomic E-state index is 13.8. The Labute approximate surface area is 137 Å². The monoisotopic (exact) mass is 339 g/mol. The minimum absolute atomic E-state index is 0.153. The van der Waals surface area contributed by atoms with Crippen molar-refractivity contribution in [3.8, 4) is 0 Å². The van der Waals surface area contributed by atoms with Gasteiger partial charge in [-0.1, -0.05) is 18.3 Å². The summed E-state index contributed by atoms with van der Waals surface area (Å²) in [6.07, 6.45) is 3.41. The maximum absolute atomic E-state index is 13.8. The molecule has 0 bridgehead atoms. The van der Waals surface area contributed by atoms with Crippen LogP contribution in [-0.4, -0.2) is 40.0 Å². The fourth-order valence-electron chi connectivity index (χ4n) is 2.92. The highest BCUT2D eigenvalue weighted by Gasteiger charge is 2.30. The molecule has 1 saturated heterocycles. The third-order valence-electron chi connectivity index (χ3n) is 4.29. The Morgan fingerprint density at radius 1 is 1.39 bits per heavy atom. The van der Waals surface area contributed by atoms with E-state index in [1.807, 2.05) is 0 Å². The first-order chi connectivity index (χ1) is 11.1. The number of nitrogens with zero attached hydrogens (tertiary/aromatic N) is 4. The third-order valence-corrected chi connectivity index (χ3v) is 5.33. The van der Waals surface area contributed by atoms with Crippen LogP contribution in [0.4, 0.5) is 13.9 Å². The zero-order valence-corrected chi connectivity index (χ0v) is 13.9. The lowest BCUT2D eigenvalue weighted by molar-refractivity contribution is 0.304. The largest absolute Gasteiger partial charge is 0.365 e. The van der Waals surface area contributed by atoms with Gasteiger partial charge in [-0.3, -0.25) is 4.90 Å². The second kappa shape index (κ2) is 6.84. The molecule has 1 fully saturated rings. The van der Waals surface area contributed by atoms with E-state index in [9.17, 15) is 8.78 Å². The highest BCUT2D eigenvalue weighted by Crippen LogP contribution is 2.32. The van der Waals surface area contributed by atoms with Crippen molar-refractivity contribution in [2.45, 2.75) is 25.8 Å². The van der Waals surface area contributed by atoms with Gasteiger partial charge in [-0.25, -0.2) is 14.4 Å². The smallest absolute Gasteiger partial charge is 0.230 e. The minimum Gasteiger partial charge on any atom is -0.365 e. The lowest BCUT2D eigenvalue weighted by Crippen LogP contribution is -2.22. The molecule has 124 valence electrons. The van der Waals surface area contributed by atoms with Gasteiger partial charge in [-0.05, 0) is 18.9 Å². The van der Waals surface area contributed by atoms with Gasteiger partial charge in [-0.2, -0.15) is 9.37 Å². The summed E-state index contributed by atoms with van der Waals surface area (Å²) in [4.78, 5) is 14.9. The van der Waals surface area contributed by atoms with E-state index in [2.05, 4.69) is 32.1 Å². The first-order valence-electron chi connectivity index (χ1n) is 7.59. The summed E-state index contributed by atoms with van der Waals surface area (Å²) in [5, 5.41) is 3.47. The van der Waals surface area contributed by atoms with Crippen LogP contribution in [0.5, 0.6) is 0 Å². The number of thiazole rings is 1. The van der Waals surface area contributed by atoms with Crippen LogP contribution in [0.2, 0.25) is 0 Å². The quantitative estimate of drug-likeness (QED) is 0.908. The third kappa shape index (κ3) is 3.64. The van der Waals surface area contributed by atoms with Gasteiger partial charge in [0.05, 0.1) is 17.3 Å². The van der Waals surface area contributed by atoms with Crippen LogP contribution in [0.25, 0.3) is 0 Å². The normalized spacial score (nSPS) is 19.9. The van der Waals surface area contributed by atoms with Crippen LogP contribution in [-0.2, 0) is 6.54 Å². The molecular formula is C15H19F2N5S. The molecule has 1 aliphatic rings. The molecule has 0 radical (unpaired) electrons. The molecule has 2 unspecified atom stereocenters. The molecule has 1 N–H and O–H groups in total.